The molecule has 1 aromatic carbocycles. The number of nitrogens with one attached hydrogen (secondary N) is 1. The molecule has 7 nitrogen and oxygen atoms in total. The minimum atomic E-state index is -0.638. The third-order valence-electron chi connectivity index (χ3n) is 4.81. The molecule has 0 saturated heterocycles. The molecular weight excluding hydrogens is 342 g/mol. The Morgan fingerprint density at radius 2 is 1.63 bits per heavy atom. The van der Waals surface area contributed by atoms with E-state index in [9.17, 15) is 9.59 Å². The maximum absolute atomic E-state index is 12.5. The molecule has 140 valence electrons. The van der Waals surface area contributed by atoms with Crippen molar-refractivity contribution in [3.8, 4) is 5.69 Å². The molecule has 27 heavy (non-hydrogen) atoms. The summed E-state index contributed by atoms with van der Waals surface area (Å²) in [6, 6.07) is 9.79. The number of hydrogen-bond donors (Lipinski definition) is 1. The normalized spacial score (nSPS) is 10.9. The molecule has 3 rings (SSSR count). The summed E-state index contributed by atoms with van der Waals surface area (Å²) in [6.07, 6.45) is 0. The zero-order valence-electron chi connectivity index (χ0n) is 16.2. The minimum Gasteiger partial charge on any atom is -0.345 e. The first-order chi connectivity index (χ1) is 12.8. The average Bonchev–Trinajstić information content (AvgIpc) is 3.08. The van der Waals surface area contributed by atoms with Gasteiger partial charge in [0.2, 0.25) is 0 Å². The highest BCUT2D eigenvalue weighted by molar-refractivity contribution is 6.43. The molecule has 2 heterocycles. The van der Waals surface area contributed by atoms with E-state index in [-0.39, 0.29) is 6.54 Å². The number of ketones is 1. The smallest absolute Gasteiger partial charge is 0.292 e. The predicted octanol–water partition coefficient (Wildman–Crippen LogP) is 2.34. The van der Waals surface area contributed by atoms with Crippen LogP contribution in [-0.2, 0) is 18.4 Å². The largest absolute Gasteiger partial charge is 0.345 e. The molecule has 0 unspecified atom stereocenters. The van der Waals surface area contributed by atoms with Gasteiger partial charge in [0.05, 0.1) is 22.6 Å². The molecule has 0 saturated carbocycles. The van der Waals surface area contributed by atoms with E-state index >= 15 is 0 Å². The Balaban J connectivity index is 1.78. The molecule has 7 heteroatoms. The average molecular weight is 365 g/mol. The van der Waals surface area contributed by atoms with E-state index in [1.807, 2.05) is 48.9 Å². The van der Waals surface area contributed by atoms with Gasteiger partial charge in [-0.15, -0.1) is 0 Å². The Labute approximate surface area is 158 Å². The van der Waals surface area contributed by atoms with Gasteiger partial charge in [-0.05, 0) is 39.8 Å². The van der Waals surface area contributed by atoms with Crippen LogP contribution in [0.1, 0.15) is 38.7 Å². The lowest BCUT2D eigenvalue weighted by atomic mass is 10.1. The van der Waals surface area contributed by atoms with Gasteiger partial charge in [-0.25, -0.2) is 4.68 Å². The first kappa shape index (κ1) is 18.6. The number of nitrogens with zero attached hydrogens (tertiary/aromatic N) is 4. The summed E-state index contributed by atoms with van der Waals surface area (Å²) < 4.78 is 3.45. The third-order valence-corrected chi connectivity index (χ3v) is 4.81. The van der Waals surface area contributed by atoms with Gasteiger partial charge in [-0.2, -0.15) is 10.2 Å². The Bertz CT molecular complexity index is 1010. The minimum absolute atomic E-state index is 0.243. The van der Waals surface area contributed by atoms with Crippen LogP contribution in [0.2, 0.25) is 0 Å². The molecule has 0 radical (unpaired) electrons. The molecule has 0 aliphatic rings. The molecule has 0 aliphatic heterocycles. The van der Waals surface area contributed by atoms with Crippen molar-refractivity contribution in [3.05, 3.63) is 64.2 Å². The van der Waals surface area contributed by atoms with Gasteiger partial charge in [0, 0.05) is 30.5 Å². The number of rotatable bonds is 5. The van der Waals surface area contributed by atoms with Gasteiger partial charge in [0.25, 0.3) is 11.7 Å². The molecule has 2 aromatic heterocycles. The lowest BCUT2D eigenvalue weighted by Crippen LogP contribution is -2.31. The highest BCUT2D eigenvalue weighted by Crippen LogP contribution is 2.18. The second-order valence-electron chi connectivity index (χ2n) is 6.58. The van der Waals surface area contributed by atoms with Crippen LogP contribution in [0.4, 0.5) is 0 Å². The fraction of sp³-hybridized carbons (Fsp3) is 0.300. The fourth-order valence-corrected chi connectivity index (χ4v) is 3.22. The number of carbonyl (C=O) groups is 2. The van der Waals surface area contributed by atoms with Crippen molar-refractivity contribution in [1.29, 1.82) is 0 Å². The van der Waals surface area contributed by atoms with E-state index in [1.54, 1.807) is 25.6 Å². The van der Waals surface area contributed by atoms with Gasteiger partial charge in [-0.1, -0.05) is 18.2 Å². The maximum atomic E-state index is 12.5. The highest BCUT2D eigenvalue weighted by atomic mass is 16.2. The summed E-state index contributed by atoms with van der Waals surface area (Å²) in [6.45, 7) is 7.59. The van der Waals surface area contributed by atoms with Gasteiger partial charge in [0.15, 0.2) is 0 Å². The molecule has 0 bridgehead atoms. The molecule has 0 aliphatic carbocycles. The Hall–Kier alpha value is -3.22. The Morgan fingerprint density at radius 1 is 0.963 bits per heavy atom. The number of carbonyl (C=O) groups excluding carboxylic acids is 2. The van der Waals surface area contributed by atoms with E-state index in [0.29, 0.717) is 17.0 Å². The van der Waals surface area contributed by atoms with Gasteiger partial charge < -0.3 is 5.32 Å². The number of para-hydroxylation sites is 1. The van der Waals surface area contributed by atoms with E-state index in [0.717, 1.165) is 22.6 Å². The van der Waals surface area contributed by atoms with Crippen LogP contribution in [-0.4, -0.2) is 31.3 Å². The standard InChI is InChI=1S/C20H23N5O2/c1-12-17(14(3)25(23-12)16-9-7-6-8-10-16)11-21-20(27)19(26)18-13(2)22-24(5)15(18)4/h6-10H,11H2,1-5H3,(H,21,27). The van der Waals surface area contributed by atoms with E-state index in [4.69, 9.17) is 0 Å². The number of aryl methyl sites for hydroxylation is 3. The van der Waals surface area contributed by atoms with E-state index < -0.39 is 11.7 Å². The van der Waals surface area contributed by atoms with Crippen LogP contribution in [0, 0.1) is 27.7 Å². The van der Waals surface area contributed by atoms with Gasteiger partial charge >= 0.3 is 0 Å². The quantitative estimate of drug-likeness (QED) is 0.556. The van der Waals surface area contributed by atoms with Crippen molar-refractivity contribution in [1.82, 2.24) is 24.9 Å². The van der Waals surface area contributed by atoms with Gasteiger partial charge in [-0.3, -0.25) is 14.3 Å². The van der Waals surface area contributed by atoms with Crippen molar-refractivity contribution < 1.29 is 9.59 Å². The second-order valence-corrected chi connectivity index (χ2v) is 6.58. The summed E-state index contributed by atoms with van der Waals surface area (Å²) in [5.41, 5.74) is 5.20. The first-order valence-corrected chi connectivity index (χ1v) is 8.74. The van der Waals surface area contributed by atoms with Gasteiger partial charge in [0.1, 0.15) is 0 Å². The molecule has 0 spiro atoms. The maximum Gasteiger partial charge on any atom is 0.292 e. The zero-order chi connectivity index (χ0) is 19.7. The van der Waals surface area contributed by atoms with Crippen molar-refractivity contribution in [3.63, 3.8) is 0 Å². The Kier molecular flexibility index (Phi) is 4.94. The number of benzene rings is 1. The summed E-state index contributed by atoms with van der Waals surface area (Å²) >= 11 is 0. The molecule has 0 atom stereocenters. The van der Waals surface area contributed by atoms with E-state index in [1.165, 1.54) is 0 Å². The summed E-state index contributed by atoms with van der Waals surface area (Å²) in [5.74, 6) is -1.20. The van der Waals surface area contributed by atoms with Crippen molar-refractivity contribution >= 4 is 11.7 Å². The lowest BCUT2D eigenvalue weighted by Gasteiger charge is -2.07. The van der Waals surface area contributed by atoms with Crippen LogP contribution in [0.5, 0.6) is 0 Å². The monoisotopic (exact) mass is 365 g/mol. The van der Waals surface area contributed by atoms with Crippen LogP contribution < -0.4 is 5.32 Å². The predicted molar refractivity (Wildman–Crippen MR) is 102 cm³/mol. The second kappa shape index (κ2) is 7.19. The van der Waals surface area contributed by atoms with Crippen molar-refractivity contribution in [2.24, 2.45) is 7.05 Å². The number of amides is 1. The zero-order valence-corrected chi connectivity index (χ0v) is 16.2. The molecule has 1 N–H and O–H groups in total. The van der Waals surface area contributed by atoms with Crippen LogP contribution in [0.25, 0.3) is 5.69 Å². The van der Waals surface area contributed by atoms with Crippen LogP contribution >= 0.6 is 0 Å². The van der Waals surface area contributed by atoms with E-state index in [2.05, 4.69) is 15.5 Å². The first-order valence-electron chi connectivity index (χ1n) is 8.74. The summed E-state index contributed by atoms with van der Waals surface area (Å²) in [7, 11) is 1.75. The lowest BCUT2D eigenvalue weighted by molar-refractivity contribution is -0.117. The molecule has 3 aromatic rings. The topological polar surface area (TPSA) is 81.8 Å². The molecular formula is C20H23N5O2. The van der Waals surface area contributed by atoms with Crippen molar-refractivity contribution in [2.75, 3.05) is 0 Å². The molecule has 0 fully saturated rings. The SMILES string of the molecule is Cc1nn(-c2ccccc2)c(C)c1CNC(=O)C(=O)c1c(C)nn(C)c1C. The number of hydrogen-bond acceptors (Lipinski definition) is 4. The summed E-state index contributed by atoms with van der Waals surface area (Å²) in [4.78, 5) is 24.9. The van der Waals surface area contributed by atoms with Crippen LogP contribution in [0.3, 0.4) is 0 Å². The third kappa shape index (κ3) is 3.40. The highest BCUT2D eigenvalue weighted by Gasteiger charge is 2.24. The van der Waals surface area contributed by atoms with Crippen LogP contribution in [0.15, 0.2) is 30.3 Å². The van der Waals surface area contributed by atoms with Crippen molar-refractivity contribution in [2.45, 2.75) is 34.2 Å². The number of aromatic nitrogens is 4. The Morgan fingerprint density at radius 3 is 2.22 bits per heavy atom. The number of Topliss-reactive ketones (excluding diaryl/α,β-unsaturated/α-hetero) is 1. The summed E-state index contributed by atoms with van der Waals surface area (Å²) in [5, 5.41) is 11.5. The molecule has 1 amide bonds. The fourth-order valence-electron chi connectivity index (χ4n) is 3.22.